The first kappa shape index (κ1) is 24.8. The summed E-state index contributed by atoms with van der Waals surface area (Å²) in [6.07, 6.45) is -3.63. The normalized spacial score (nSPS) is 13.2. The highest BCUT2D eigenvalue weighted by Gasteiger charge is 2.36. The van der Waals surface area contributed by atoms with E-state index in [2.05, 4.69) is 5.32 Å². The Hall–Kier alpha value is -4.33. The van der Waals surface area contributed by atoms with Gasteiger partial charge in [0.2, 0.25) is 6.17 Å². The molecule has 3 aromatic carbocycles. The number of carbonyl (C=O) groups excluding carboxylic acids is 2. The second kappa shape index (κ2) is 10.1. The van der Waals surface area contributed by atoms with Crippen molar-refractivity contribution in [2.75, 3.05) is 11.5 Å². The van der Waals surface area contributed by atoms with Gasteiger partial charge in [0, 0.05) is 11.6 Å². The largest absolute Gasteiger partial charge is 0.478 e. The van der Waals surface area contributed by atoms with Gasteiger partial charge >= 0.3 is 18.2 Å². The predicted octanol–water partition coefficient (Wildman–Crippen LogP) is 5.38. The predicted molar refractivity (Wildman–Crippen MR) is 135 cm³/mol. The van der Waals surface area contributed by atoms with Crippen LogP contribution >= 0.6 is 0 Å². The summed E-state index contributed by atoms with van der Waals surface area (Å²) in [6.45, 7) is 5.01. The number of ether oxygens (including phenoxy) is 2. The van der Waals surface area contributed by atoms with Crippen LogP contribution in [0.3, 0.4) is 0 Å². The number of carbonyl (C=O) groups is 3. The number of benzene rings is 3. The number of anilines is 1. The van der Waals surface area contributed by atoms with Crippen molar-refractivity contribution in [2.24, 2.45) is 0 Å². The van der Waals surface area contributed by atoms with Gasteiger partial charge < -0.3 is 14.6 Å². The fourth-order valence-electron chi connectivity index (χ4n) is 4.25. The number of nitrogens with one attached hydrogen (secondary N) is 1. The summed E-state index contributed by atoms with van der Waals surface area (Å²) in [5, 5.41) is 12.2. The van der Waals surface area contributed by atoms with Crippen LogP contribution in [0, 0.1) is 0 Å². The summed E-state index contributed by atoms with van der Waals surface area (Å²) in [6, 6.07) is 23.9. The molecule has 186 valence electrons. The number of aliphatic carboxylic acids is 1. The van der Waals surface area contributed by atoms with E-state index in [1.165, 1.54) is 0 Å². The van der Waals surface area contributed by atoms with Crippen LogP contribution in [0.4, 0.5) is 15.3 Å². The lowest BCUT2D eigenvalue weighted by atomic mass is 9.98. The van der Waals surface area contributed by atoms with Crippen molar-refractivity contribution in [1.29, 1.82) is 0 Å². The molecule has 0 bridgehead atoms. The van der Waals surface area contributed by atoms with E-state index < -0.39 is 29.9 Å². The Morgan fingerprint density at radius 1 is 0.889 bits per heavy atom. The van der Waals surface area contributed by atoms with Gasteiger partial charge in [-0.25, -0.2) is 19.3 Å². The van der Waals surface area contributed by atoms with E-state index in [1.807, 2.05) is 48.5 Å². The zero-order valence-electron chi connectivity index (χ0n) is 20.3. The number of carboxylic acids is 1. The second-order valence-electron chi connectivity index (χ2n) is 9.40. The van der Waals surface area contributed by atoms with E-state index in [1.54, 1.807) is 51.1 Å². The molecule has 1 aliphatic carbocycles. The topological polar surface area (TPSA) is 105 Å². The lowest BCUT2D eigenvalue weighted by Gasteiger charge is -2.31. The molecule has 1 aliphatic rings. The Balaban J connectivity index is 1.53. The molecule has 8 nitrogen and oxygen atoms in total. The minimum absolute atomic E-state index is 0.00394. The number of nitrogens with zero attached hydrogens (tertiary/aromatic N) is 1. The molecule has 8 heteroatoms. The van der Waals surface area contributed by atoms with E-state index in [0.717, 1.165) is 27.2 Å². The number of hydrogen-bond acceptors (Lipinski definition) is 5. The molecule has 0 saturated carbocycles. The molecule has 2 N–H and O–H groups in total. The zero-order chi connectivity index (χ0) is 25.9. The van der Waals surface area contributed by atoms with Crippen LogP contribution in [-0.4, -0.2) is 41.6 Å². The number of carboxylic acid groups (broad SMARTS) is 1. The first-order chi connectivity index (χ1) is 17.2. The molecule has 3 aromatic rings. The summed E-state index contributed by atoms with van der Waals surface area (Å²) in [5.41, 5.74) is 3.58. The number of alkyl carbamates (subject to hydrolysis) is 1. The zero-order valence-corrected chi connectivity index (χ0v) is 20.3. The molecule has 36 heavy (non-hydrogen) atoms. The molecule has 1 atom stereocenters. The quantitative estimate of drug-likeness (QED) is 0.452. The van der Waals surface area contributed by atoms with Crippen LogP contribution in [0.15, 0.2) is 78.9 Å². The average molecular weight is 489 g/mol. The smallest absolute Gasteiger partial charge is 0.417 e. The molecule has 0 unspecified atom stereocenters. The lowest BCUT2D eigenvalue weighted by molar-refractivity contribution is -0.139. The maximum atomic E-state index is 13.0. The Bertz CT molecular complexity index is 1220. The Morgan fingerprint density at radius 2 is 1.42 bits per heavy atom. The van der Waals surface area contributed by atoms with E-state index >= 15 is 0 Å². The van der Waals surface area contributed by atoms with Gasteiger partial charge in [0.15, 0.2) is 0 Å². The number of amides is 2. The maximum absolute atomic E-state index is 13.0. The first-order valence-corrected chi connectivity index (χ1v) is 11.6. The van der Waals surface area contributed by atoms with E-state index in [4.69, 9.17) is 9.47 Å². The van der Waals surface area contributed by atoms with Gasteiger partial charge in [0.1, 0.15) is 12.2 Å². The minimum atomic E-state index is -1.75. The van der Waals surface area contributed by atoms with E-state index in [0.29, 0.717) is 0 Å². The van der Waals surface area contributed by atoms with E-state index in [9.17, 15) is 19.5 Å². The van der Waals surface area contributed by atoms with Crippen LogP contribution < -0.4 is 10.2 Å². The van der Waals surface area contributed by atoms with Crippen molar-refractivity contribution < 1.29 is 29.0 Å². The Morgan fingerprint density at radius 3 is 1.94 bits per heavy atom. The van der Waals surface area contributed by atoms with Crippen LogP contribution in [0.1, 0.15) is 37.8 Å². The number of rotatable bonds is 6. The molecule has 0 spiro atoms. The average Bonchev–Trinajstić information content (AvgIpc) is 3.15. The highest BCUT2D eigenvalue weighted by Crippen LogP contribution is 2.44. The number of para-hydroxylation sites is 1. The van der Waals surface area contributed by atoms with Crippen molar-refractivity contribution in [3.63, 3.8) is 0 Å². The van der Waals surface area contributed by atoms with Crippen molar-refractivity contribution in [2.45, 2.75) is 38.5 Å². The lowest BCUT2D eigenvalue weighted by Crippen LogP contribution is -2.56. The fourth-order valence-corrected chi connectivity index (χ4v) is 4.25. The molecule has 2 amide bonds. The van der Waals surface area contributed by atoms with Crippen molar-refractivity contribution in [3.8, 4) is 11.1 Å². The summed E-state index contributed by atoms with van der Waals surface area (Å²) in [5.74, 6) is -1.64. The molecule has 4 rings (SSSR count). The summed E-state index contributed by atoms with van der Waals surface area (Å²) >= 11 is 0. The van der Waals surface area contributed by atoms with Crippen LogP contribution in [-0.2, 0) is 14.3 Å². The van der Waals surface area contributed by atoms with Gasteiger partial charge in [-0.1, -0.05) is 66.7 Å². The number of hydrogen-bond donors (Lipinski definition) is 2. The molecule has 0 heterocycles. The maximum Gasteiger partial charge on any atom is 0.417 e. The van der Waals surface area contributed by atoms with Gasteiger partial charge in [-0.05, 0) is 55.2 Å². The number of fused-ring (bicyclic) bond motifs is 3. The van der Waals surface area contributed by atoms with Gasteiger partial charge in [-0.2, -0.15) is 0 Å². The SMILES string of the molecule is CC(C)(C)OC(=O)N(c1ccccc1)[C@@H](NC(=O)OCC1c2ccccc2-c2ccccc21)C(=O)O. The molecule has 0 radical (unpaired) electrons. The molecular weight excluding hydrogens is 460 g/mol. The van der Waals surface area contributed by atoms with Crippen LogP contribution in [0.2, 0.25) is 0 Å². The first-order valence-electron chi connectivity index (χ1n) is 11.6. The Labute approximate surface area is 209 Å². The van der Waals surface area contributed by atoms with E-state index in [-0.39, 0.29) is 18.2 Å². The van der Waals surface area contributed by atoms with Gasteiger partial charge in [-0.3, -0.25) is 5.32 Å². The standard InChI is InChI=1S/C28H28N2O6/c1-28(2,3)36-27(34)30(18-11-5-4-6-12-18)24(25(31)32)29-26(33)35-17-23-21-15-9-7-13-19(21)20-14-8-10-16-22(20)23/h4-16,23-24H,17H2,1-3H3,(H,29,33)(H,31,32)/t24-/m1/s1. The summed E-state index contributed by atoms with van der Waals surface area (Å²) < 4.78 is 10.9. The monoisotopic (exact) mass is 488 g/mol. The summed E-state index contributed by atoms with van der Waals surface area (Å²) in [7, 11) is 0. The highest BCUT2D eigenvalue weighted by molar-refractivity contribution is 5.96. The molecular formula is C28H28N2O6. The van der Waals surface area contributed by atoms with Gasteiger partial charge in [-0.15, -0.1) is 0 Å². The third kappa shape index (κ3) is 5.33. The van der Waals surface area contributed by atoms with Crippen molar-refractivity contribution in [3.05, 3.63) is 90.0 Å². The minimum Gasteiger partial charge on any atom is -0.478 e. The third-order valence-electron chi connectivity index (χ3n) is 5.71. The molecule has 0 aromatic heterocycles. The van der Waals surface area contributed by atoms with Crippen LogP contribution in [0.25, 0.3) is 11.1 Å². The second-order valence-corrected chi connectivity index (χ2v) is 9.40. The Kier molecular flexibility index (Phi) is 6.96. The third-order valence-corrected chi connectivity index (χ3v) is 5.71. The molecule has 0 aliphatic heterocycles. The van der Waals surface area contributed by atoms with Gasteiger partial charge in [0.05, 0.1) is 0 Å². The molecule has 0 fully saturated rings. The molecule has 0 saturated heterocycles. The fraction of sp³-hybridized carbons (Fsp3) is 0.250. The highest BCUT2D eigenvalue weighted by atomic mass is 16.6. The van der Waals surface area contributed by atoms with Gasteiger partial charge in [0.25, 0.3) is 0 Å². The van der Waals surface area contributed by atoms with Crippen LogP contribution in [0.5, 0.6) is 0 Å². The van der Waals surface area contributed by atoms with Crippen molar-refractivity contribution in [1.82, 2.24) is 5.32 Å². The van der Waals surface area contributed by atoms with Crippen molar-refractivity contribution >= 4 is 23.8 Å². The summed E-state index contributed by atoms with van der Waals surface area (Å²) in [4.78, 5) is 38.9.